The molecule has 2 aromatic carbocycles. The predicted molar refractivity (Wildman–Crippen MR) is 100 cm³/mol. The molecule has 0 radical (unpaired) electrons. The lowest BCUT2D eigenvalue weighted by molar-refractivity contribution is -0.946. The molecule has 0 aliphatic rings. The number of phenolic OH excluding ortho intramolecular Hbond substituents is 1. The molecule has 1 N–H and O–H groups in total. The maximum absolute atomic E-state index is 9.68. The van der Waals surface area contributed by atoms with Crippen LogP contribution in [0.5, 0.6) is 5.75 Å². The van der Waals surface area contributed by atoms with Gasteiger partial charge in [0.15, 0.2) is 0 Å². The van der Waals surface area contributed by atoms with E-state index in [0.717, 1.165) is 17.2 Å². The third-order valence-corrected chi connectivity index (χ3v) is 5.24. The van der Waals surface area contributed by atoms with E-state index >= 15 is 0 Å². The monoisotopic (exact) mass is 381 g/mol. The van der Waals surface area contributed by atoms with Crippen LogP contribution in [0.25, 0.3) is 0 Å². The van der Waals surface area contributed by atoms with Gasteiger partial charge in [-0.1, -0.05) is 42.5 Å². The molecule has 0 amide bonds. The Hall–Kier alpha value is -1.93. The molecule has 0 heterocycles. The van der Waals surface area contributed by atoms with Gasteiger partial charge in [0.2, 0.25) is 10.4 Å². The van der Waals surface area contributed by atoms with Gasteiger partial charge in [-0.15, -0.1) is 0 Å². The van der Waals surface area contributed by atoms with Crippen LogP contribution in [0.2, 0.25) is 0 Å². The number of aromatic hydroxyl groups is 1. The van der Waals surface area contributed by atoms with Gasteiger partial charge in [0.05, 0.1) is 21.2 Å². The van der Waals surface area contributed by atoms with Gasteiger partial charge < -0.3 is 14.1 Å². The lowest BCUT2D eigenvalue weighted by Crippen LogP contribution is -2.44. The minimum atomic E-state index is -4.41. The lowest BCUT2D eigenvalue weighted by Gasteiger charge is -2.42. The number of nitrogens with zero attached hydrogens (tertiary/aromatic N) is 1. The van der Waals surface area contributed by atoms with E-state index in [1.54, 1.807) is 6.07 Å². The summed E-state index contributed by atoms with van der Waals surface area (Å²) in [6.07, 6.45) is 0. The minimum Gasteiger partial charge on any atom is -0.726 e. The molecule has 0 spiro atoms. The summed E-state index contributed by atoms with van der Waals surface area (Å²) in [4.78, 5) is 0. The summed E-state index contributed by atoms with van der Waals surface area (Å²) in [5.74, 6) is 0.335. The number of rotatable bonds is 5. The number of hydrogen-bond acceptors (Lipinski definition) is 5. The molecule has 2 atom stereocenters. The fourth-order valence-electron chi connectivity index (χ4n) is 2.62. The highest BCUT2D eigenvalue weighted by Crippen LogP contribution is 2.35. The fraction of sp³-hybridized carbons (Fsp3) is 0.368. The molecule has 0 saturated heterocycles. The van der Waals surface area contributed by atoms with E-state index in [2.05, 4.69) is 68.5 Å². The normalized spacial score (nSPS) is 14.1. The average molecular weight is 381 g/mol. The Bertz CT molecular complexity index is 791. The highest BCUT2D eigenvalue weighted by atomic mass is 32.3. The molecule has 0 fully saturated rings. The van der Waals surface area contributed by atoms with Crippen LogP contribution in [0.1, 0.15) is 37.1 Å². The van der Waals surface area contributed by atoms with E-state index in [-0.39, 0.29) is 0 Å². The summed E-state index contributed by atoms with van der Waals surface area (Å²) < 4.78 is 31.9. The Morgan fingerprint density at radius 3 is 1.88 bits per heavy atom. The van der Waals surface area contributed by atoms with E-state index in [0.29, 0.717) is 17.8 Å². The Morgan fingerprint density at radius 1 is 0.962 bits per heavy atom. The number of benzene rings is 2. The van der Waals surface area contributed by atoms with Crippen molar-refractivity contribution in [2.45, 2.75) is 25.9 Å². The molecule has 7 heteroatoms. The molecule has 2 rings (SSSR count). The second-order valence-corrected chi connectivity index (χ2v) is 7.71. The van der Waals surface area contributed by atoms with Crippen LogP contribution in [0, 0.1) is 0 Å². The number of hydrogen-bond donors (Lipinski definition) is 1. The molecular weight excluding hydrogens is 354 g/mol. The van der Waals surface area contributed by atoms with Crippen molar-refractivity contribution in [2.24, 2.45) is 0 Å². The Kier molecular flexibility index (Phi) is 7.77. The topological polar surface area (TPSA) is 86.7 Å². The van der Waals surface area contributed by atoms with Crippen LogP contribution >= 0.6 is 0 Å². The molecule has 26 heavy (non-hydrogen) atoms. The van der Waals surface area contributed by atoms with Gasteiger partial charge in [-0.25, -0.2) is 8.42 Å². The molecular formula is C19H27NO5S. The molecule has 0 saturated carbocycles. The second-order valence-electron chi connectivity index (χ2n) is 6.56. The third kappa shape index (κ3) is 6.42. The SMILES string of the molecule is COS(=O)(=O)[O-].C[C@@H](c1ccccc1)[N+](C)(C)[C@@H](C)c1cccc(O)c1. The first-order chi connectivity index (χ1) is 12.0. The van der Waals surface area contributed by atoms with Crippen molar-refractivity contribution in [3.63, 3.8) is 0 Å². The first kappa shape index (κ1) is 22.1. The summed E-state index contributed by atoms with van der Waals surface area (Å²) >= 11 is 0. The highest BCUT2D eigenvalue weighted by Gasteiger charge is 2.32. The summed E-state index contributed by atoms with van der Waals surface area (Å²) in [5, 5.41) is 9.68. The first-order valence-electron chi connectivity index (χ1n) is 8.17. The molecule has 0 unspecified atom stereocenters. The van der Waals surface area contributed by atoms with Crippen molar-refractivity contribution in [1.29, 1.82) is 0 Å². The van der Waals surface area contributed by atoms with Crippen LogP contribution < -0.4 is 0 Å². The predicted octanol–water partition coefficient (Wildman–Crippen LogP) is 3.38. The van der Waals surface area contributed by atoms with E-state index in [9.17, 15) is 18.1 Å². The van der Waals surface area contributed by atoms with E-state index in [4.69, 9.17) is 0 Å². The van der Waals surface area contributed by atoms with Crippen molar-refractivity contribution in [2.75, 3.05) is 21.2 Å². The van der Waals surface area contributed by atoms with Crippen LogP contribution in [-0.4, -0.2) is 43.8 Å². The van der Waals surface area contributed by atoms with E-state index in [1.165, 1.54) is 5.56 Å². The van der Waals surface area contributed by atoms with Gasteiger partial charge in [0.25, 0.3) is 0 Å². The number of phenols is 1. The van der Waals surface area contributed by atoms with Crippen molar-refractivity contribution >= 4 is 10.4 Å². The van der Waals surface area contributed by atoms with Crippen LogP contribution in [0.15, 0.2) is 54.6 Å². The summed E-state index contributed by atoms with van der Waals surface area (Å²) in [5.41, 5.74) is 2.50. The van der Waals surface area contributed by atoms with Crippen molar-refractivity contribution in [3.8, 4) is 5.75 Å². The van der Waals surface area contributed by atoms with Gasteiger partial charge in [0.1, 0.15) is 17.8 Å². The Balaban J connectivity index is 0.000000487. The van der Waals surface area contributed by atoms with Gasteiger partial charge in [-0.05, 0) is 26.0 Å². The third-order valence-electron chi connectivity index (χ3n) is 4.84. The van der Waals surface area contributed by atoms with Crippen LogP contribution in [0.3, 0.4) is 0 Å². The highest BCUT2D eigenvalue weighted by molar-refractivity contribution is 7.80. The van der Waals surface area contributed by atoms with E-state index < -0.39 is 10.4 Å². The quantitative estimate of drug-likeness (QED) is 0.487. The summed E-state index contributed by atoms with van der Waals surface area (Å²) in [6, 6.07) is 18.9. The Morgan fingerprint density at radius 2 is 1.42 bits per heavy atom. The van der Waals surface area contributed by atoms with Gasteiger partial charge in [-0.2, -0.15) is 0 Å². The van der Waals surface area contributed by atoms with Crippen molar-refractivity contribution < 1.29 is 26.7 Å². The fourth-order valence-corrected chi connectivity index (χ4v) is 2.62. The molecule has 6 nitrogen and oxygen atoms in total. The molecule has 0 aromatic heterocycles. The number of quaternary nitrogens is 1. The summed E-state index contributed by atoms with van der Waals surface area (Å²) in [7, 11) is 0.881. The zero-order valence-electron chi connectivity index (χ0n) is 15.8. The van der Waals surface area contributed by atoms with Crippen LogP contribution in [-0.2, 0) is 14.6 Å². The van der Waals surface area contributed by atoms with Gasteiger partial charge in [-0.3, -0.25) is 4.18 Å². The smallest absolute Gasteiger partial charge is 0.217 e. The average Bonchev–Trinajstić information content (AvgIpc) is 2.61. The van der Waals surface area contributed by atoms with Gasteiger partial charge >= 0.3 is 0 Å². The maximum atomic E-state index is 9.68. The molecule has 0 bridgehead atoms. The van der Waals surface area contributed by atoms with E-state index in [1.807, 2.05) is 12.1 Å². The maximum Gasteiger partial charge on any atom is 0.217 e. The van der Waals surface area contributed by atoms with Crippen molar-refractivity contribution in [3.05, 3.63) is 65.7 Å². The summed E-state index contributed by atoms with van der Waals surface area (Å²) in [6.45, 7) is 4.48. The van der Waals surface area contributed by atoms with Crippen LogP contribution in [0.4, 0.5) is 0 Å². The first-order valence-corrected chi connectivity index (χ1v) is 9.51. The largest absolute Gasteiger partial charge is 0.726 e. The standard InChI is InChI=1S/C18H23NO.CH4O4S/c1-14(16-9-6-5-7-10-16)19(3,4)15(2)17-11-8-12-18(20)13-17;1-5-6(2,3)4/h5-15H,1-4H3;1H3,(H,2,3,4)/t14-,15-;/m0./s1. The Labute approximate surface area is 156 Å². The molecule has 0 aliphatic heterocycles. The lowest BCUT2D eigenvalue weighted by atomic mass is 9.99. The minimum absolute atomic E-state index is 0.303. The zero-order chi connectivity index (χ0) is 20.0. The molecule has 0 aliphatic carbocycles. The molecule has 2 aromatic rings. The zero-order valence-corrected chi connectivity index (χ0v) is 16.6. The molecule has 144 valence electrons. The second kappa shape index (κ2) is 9.14. The van der Waals surface area contributed by atoms with Gasteiger partial charge in [0, 0.05) is 11.1 Å². The van der Waals surface area contributed by atoms with Crippen molar-refractivity contribution in [1.82, 2.24) is 0 Å².